The van der Waals surface area contributed by atoms with Gasteiger partial charge in [-0.15, -0.1) is 24.8 Å². The van der Waals surface area contributed by atoms with E-state index in [1.54, 1.807) is 6.07 Å². The molecule has 0 amide bonds. The normalized spacial score (nSPS) is 16.9. The molecule has 0 radical (unpaired) electrons. The molecule has 1 saturated heterocycles. The molecule has 0 spiro atoms. The van der Waals surface area contributed by atoms with Crippen molar-refractivity contribution in [3.8, 4) is 5.75 Å². The number of alkyl halides is 4. The largest absolute Gasteiger partial charge is 0.461 e. The first kappa shape index (κ1) is 23.2. The summed E-state index contributed by atoms with van der Waals surface area (Å²) in [5, 5.41) is 3.25. The summed E-state index contributed by atoms with van der Waals surface area (Å²) in [7, 11) is 0. The van der Waals surface area contributed by atoms with Gasteiger partial charge in [-0.1, -0.05) is 19.1 Å². The van der Waals surface area contributed by atoms with Crippen LogP contribution in [0.1, 0.15) is 24.9 Å². The van der Waals surface area contributed by atoms with Crippen LogP contribution in [0.3, 0.4) is 0 Å². The summed E-state index contributed by atoms with van der Waals surface area (Å²) in [6.45, 7) is 5.47. The molecule has 3 nitrogen and oxygen atoms in total. The van der Waals surface area contributed by atoms with Crippen molar-refractivity contribution in [3.05, 3.63) is 29.8 Å². The Morgan fingerprint density at radius 2 is 1.83 bits per heavy atom. The Hall–Kier alpha value is -0.760. The number of rotatable bonds is 6. The zero-order valence-electron chi connectivity index (χ0n) is 13.2. The van der Waals surface area contributed by atoms with E-state index in [0.717, 1.165) is 38.2 Å². The van der Waals surface area contributed by atoms with Crippen molar-refractivity contribution in [1.29, 1.82) is 0 Å². The molecule has 24 heavy (non-hydrogen) atoms. The first-order chi connectivity index (χ1) is 10.4. The SMILES string of the molecule is CC[C@H](c1cccc(OC(F)(F)C(F)F)c1)N1CCNCC1.Cl.Cl. The highest BCUT2D eigenvalue weighted by atomic mass is 35.5. The smallest absolute Gasteiger partial charge is 0.428 e. The molecule has 1 aliphatic rings. The maximum absolute atomic E-state index is 13.0. The fourth-order valence-electron chi connectivity index (χ4n) is 2.69. The lowest BCUT2D eigenvalue weighted by Crippen LogP contribution is -2.45. The standard InChI is InChI=1S/C15H20F4N2O.2ClH/c1-2-13(21-8-6-20-7-9-21)11-4-3-5-12(10-11)22-15(18,19)14(16)17;;/h3-5,10,13-14,20H,2,6-9H2,1H3;2*1H/t13-;;/m1../s1. The Labute approximate surface area is 151 Å². The topological polar surface area (TPSA) is 24.5 Å². The predicted molar refractivity (Wildman–Crippen MR) is 90.0 cm³/mol. The third kappa shape index (κ3) is 5.95. The number of nitrogens with zero attached hydrogens (tertiary/aromatic N) is 1. The summed E-state index contributed by atoms with van der Waals surface area (Å²) in [4.78, 5) is 2.25. The van der Waals surface area contributed by atoms with Crippen LogP contribution in [-0.4, -0.2) is 43.6 Å². The summed E-state index contributed by atoms with van der Waals surface area (Å²) in [6, 6.07) is 6.11. The summed E-state index contributed by atoms with van der Waals surface area (Å²) < 4.78 is 54.6. The van der Waals surface area contributed by atoms with Gasteiger partial charge in [-0.2, -0.15) is 17.6 Å². The van der Waals surface area contributed by atoms with Crippen LogP contribution in [0.15, 0.2) is 24.3 Å². The third-order valence-corrected chi connectivity index (χ3v) is 3.73. The molecule has 1 heterocycles. The van der Waals surface area contributed by atoms with Crippen molar-refractivity contribution < 1.29 is 22.3 Å². The molecule has 140 valence electrons. The Morgan fingerprint density at radius 3 is 2.38 bits per heavy atom. The number of hydrogen-bond acceptors (Lipinski definition) is 3. The van der Waals surface area contributed by atoms with Crippen LogP contribution in [0.2, 0.25) is 0 Å². The monoisotopic (exact) mass is 392 g/mol. The van der Waals surface area contributed by atoms with Gasteiger partial charge in [-0.3, -0.25) is 4.90 Å². The van der Waals surface area contributed by atoms with E-state index in [9.17, 15) is 17.6 Å². The molecule has 0 aromatic heterocycles. The van der Waals surface area contributed by atoms with E-state index in [1.807, 2.05) is 13.0 Å². The van der Waals surface area contributed by atoms with Gasteiger partial charge < -0.3 is 10.1 Å². The molecule has 1 N–H and O–H groups in total. The second-order valence-electron chi connectivity index (χ2n) is 5.25. The molecule has 1 aliphatic heterocycles. The Kier molecular flexibility index (Phi) is 9.96. The molecule has 0 saturated carbocycles. The van der Waals surface area contributed by atoms with E-state index in [0.29, 0.717) is 0 Å². The molecular formula is C15H22Cl2F4N2O. The lowest BCUT2D eigenvalue weighted by Gasteiger charge is -2.35. The van der Waals surface area contributed by atoms with Crippen LogP contribution in [0, 0.1) is 0 Å². The van der Waals surface area contributed by atoms with Gasteiger partial charge in [0.1, 0.15) is 5.75 Å². The van der Waals surface area contributed by atoms with Crippen LogP contribution in [0.5, 0.6) is 5.75 Å². The van der Waals surface area contributed by atoms with E-state index in [4.69, 9.17) is 0 Å². The van der Waals surface area contributed by atoms with Crippen LogP contribution >= 0.6 is 24.8 Å². The summed E-state index contributed by atoms with van der Waals surface area (Å²) in [5.41, 5.74) is 0.798. The van der Waals surface area contributed by atoms with Gasteiger partial charge in [-0.05, 0) is 24.1 Å². The number of nitrogens with one attached hydrogen (secondary N) is 1. The second-order valence-corrected chi connectivity index (χ2v) is 5.25. The fraction of sp³-hybridized carbons (Fsp3) is 0.600. The maximum atomic E-state index is 13.0. The molecule has 0 bridgehead atoms. The average Bonchev–Trinajstić information content (AvgIpc) is 2.49. The van der Waals surface area contributed by atoms with Gasteiger partial charge in [0.05, 0.1) is 0 Å². The van der Waals surface area contributed by atoms with Crippen LogP contribution in [-0.2, 0) is 0 Å². The van der Waals surface area contributed by atoms with Crippen molar-refractivity contribution >= 4 is 24.8 Å². The zero-order chi connectivity index (χ0) is 16.2. The average molecular weight is 393 g/mol. The van der Waals surface area contributed by atoms with Gasteiger partial charge in [0.25, 0.3) is 0 Å². The minimum Gasteiger partial charge on any atom is -0.428 e. The quantitative estimate of drug-likeness (QED) is 0.736. The Balaban J connectivity index is 0.00000264. The summed E-state index contributed by atoms with van der Waals surface area (Å²) in [6.07, 6.45) is -7.53. The number of benzene rings is 1. The highest BCUT2D eigenvalue weighted by Gasteiger charge is 2.44. The minimum atomic E-state index is -4.48. The molecular weight excluding hydrogens is 371 g/mol. The third-order valence-electron chi connectivity index (χ3n) is 3.73. The highest BCUT2D eigenvalue weighted by Crippen LogP contribution is 2.31. The van der Waals surface area contributed by atoms with Crippen LogP contribution < -0.4 is 10.1 Å². The molecule has 1 aromatic rings. The van der Waals surface area contributed by atoms with Crippen LogP contribution in [0.25, 0.3) is 0 Å². The van der Waals surface area contributed by atoms with Crippen molar-refractivity contribution in [3.63, 3.8) is 0 Å². The van der Waals surface area contributed by atoms with Crippen molar-refractivity contribution in [2.24, 2.45) is 0 Å². The molecule has 9 heteroatoms. The van der Waals surface area contributed by atoms with E-state index in [-0.39, 0.29) is 36.6 Å². The molecule has 0 unspecified atom stereocenters. The van der Waals surface area contributed by atoms with Crippen molar-refractivity contribution in [2.45, 2.75) is 31.9 Å². The lowest BCUT2D eigenvalue weighted by molar-refractivity contribution is -0.253. The van der Waals surface area contributed by atoms with E-state index >= 15 is 0 Å². The van der Waals surface area contributed by atoms with Gasteiger partial charge in [0.15, 0.2) is 0 Å². The zero-order valence-corrected chi connectivity index (χ0v) is 14.8. The first-order valence-corrected chi connectivity index (χ1v) is 7.33. The summed E-state index contributed by atoms with van der Waals surface area (Å²) in [5.74, 6) is -0.239. The lowest BCUT2D eigenvalue weighted by atomic mass is 10.0. The molecule has 2 rings (SSSR count). The van der Waals surface area contributed by atoms with Gasteiger partial charge >= 0.3 is 12.5 Å². The molecule has 1 atom stereocenters. The number of hydrogen-bond donors (Lipinski definition) is 1. The highest BCUT2D eigenvalue weighted by molar-refractivity contribution is 5.85. The van der Waals surface area contributed by atoms with E-state index in [2.05, 4.69) is 15.0 Å². The Morgan fingerprint density at radius 1 is 1.21 bits per heavy atom. The van der Waals surface area contributed by atoms with Crippen LogP contribution in [0.4, 0.5) is 17.6 Å². The number of piperazine rings is 1. The Bertz CT molecular complexity index is 488. The first-order valence-electron chi connectivity index (χ1n) is 7.33. The minimum absolute atomic E-state index is 0. The summed E-state index contributed by atoms with van der Waals surface area (Å²) >= 11 is 0. The van der Waals surface area contributed by atoms with Crippen molar-refractivity contribution in [2.75, 3.05) is 26.2 Å². The molecule has 1 fully saturated rings. The van der Waals surface area contributed by atoms with E-state index in [1.165, 1.54) is 12.1 Å². The number of ether oxygens (including phenoxy) is 1. The van der Waals surface area contributed by atoms with Gasteiger partial charge in [-0.25, -0.2) is 0 Å². The fourth-order valence-corrected chi connectivity index (χ4v) is 2.69. The van der Waals surface area contributed by atoms with Gasteiger partial charge in [0.2, 0.25) is 0 Å². The maximum Gasteiger partial charge on any atom is 0.461 e. The molecule has 1 aromatic carbocycles. The number of halogens is 6. The predicted octanol–water partition coefficient (Wildman–Crippen LogP) is 4.12. The second kappa shape index (κ2) is 10.3. The van der Waals surface area contributed by atoms with E-state index < -0.39 is 12.5 Å². The molecule has 0 aliphatic carbocycles. The van der Waals surface area contributed by atoms with Gasteiger partial charge in [0, 0.05) is 32.2 Å². The van der Waals surface area contributed by atoms with Crippen molar-refractivity contribution in [1.82, 2.24) is 10.2 Å².